The van der Waals surface area contributed by atoms with Crippen LogP contribution in [0.3, 0.4) is 0 Å². The van der Waals surface area contributed by atoms with Crippen LogP contribution in [-0.2, 0) is 14.3 Å². The van der Waals surface area contributed by atoms with Gasteiger partial charge in [-0.05, 0) is 26.2 Å². The number of carboxylic acids is 1. The van der Waals surface area contributed by atoms with E-state index in [0.29, 0.717) is 25.9 Å². The Morgan fingerprint density at radius 1 is 1.33 bits per heavy atom. The summed E-state index contributed by atoms with van der Waals surface area (Å²) < 4.78 is 4.87. The topological polar surface area (TPSA) is 87.2 Å². The van der Waals surface area contributed by atoms with E-state index in [1.54, 1.807) is 6.92 Å². The number of esters is 1. The maximum Gasteiger partial charge on any atom is 0.325 e. The Labute approximate surface area is 124 Å². The van der Waals surface area contributed by atoms with Gasteiger partial charge in [0.15, 0.2) is 0 Å². The van der Waals surface area contributed by atoms with Crippen LogP contribution in [0.1, 0.15) is 33.1 Å². The molecule has 0 aromatic rings. The van der Waals surface area contributed by atoms with Gasteiger partial charge in [0.2, 0.25) is 0 Å². The Bertz CT molecular complexity index is 386. The first-order valence-electron chi connectivity index (χ1n) is 7.41. The second kappa shape index (κ2) is 8.49. The molecule has 1 saturated heterocycles. The van der Waals surface area contributed by atoms with Crippen LogP contribution in [0.15, 0.2) is 0 Å². The number of carbonyl (C=O) groups is 3. The van der Waals surface area contributed by atoms with Crippen LogP contribution in [-0.4, -0.2) is 65.7 Å². The van der Waals surface area contributed by atoms with E-state index < -0.39 is 17.9 Å². The number of amides is 2. The highest BCUT2D eigenvalue weighted by molar-refractivity contribution is 5.81. The molecule has 1 heterocycles. The second-order valence-electron chi connectivity index (χ2n) is 5.13. The van der Waals surface area contributed by atoms with Gasteiger partial charge < -0.3 is 19.6 Å². The van der Waals surface area contributed by atoms with Crippen molar-refractivity contribution in [3.8, 4) is 0 Å². The molecule has 1 rings (SSSR count). The van der Waals surface area contributed by atoms with Crippen molar-refractivity contribution in [2.24, 2.45) is 5.92 Å². The SMILES string of the molecule is CCCN(CC(=O)OCC)C(=O)N1CCCC(C(=O)O)C1. The molecule has 1 atom stereocenters. The molecule has 0 spiro atoms. The zero-order valence-electron chi connectivity index (χ0n) is 12.7. The van der Waals surface area contributed by atoms with Gasteiger partial charge in [0, 0.05) is 19.6 Å². The van der Waals surface area contributed by atoms with E-state index in [-0.39, 0.29) is 25.7 Å². The van der Waals surface area contributed by atoms with E-state index in [9.17, 15) is 14.4 Å². The van der Waals surface area contributed by atoms with Crippen molar-refractivity contribution in [3.63, 3.8) is 0 Å². The highest BCUT2D eigenvalue weighted by Crippen LogP contribution is 2.18. The van der Waals surface area contributed by atoms with Crippen LogP contribution in [0.25, 0.3) is 0 Å². The number of hydrogen-bond acceptors (Lipinski definition) is 4. The van der Waals surface area contributed by atoms with E-state index in [2.05, 4.69) is 0 Å². The molecule has 7 nitrogen and oxygen atoms in total. The molecule has 7 heteroatoms. The third-order valence-electron chi connectivity index (χ3n) is 3.43. The van der Waals surface area contributed by atoms with Crippen molar-refractivity contribution in [3.05, 3.63) is 0 Å². The second-order valence-corrected chi connectivity index (χ2v) is 5.13. The summed E-state index contributed by atoms with van der Waals surface area (Å²) in [5.41, 5.74) is 0. The minimum Gasteiger partial charge on any atom is -0.481 e. The maximum absolute atomic E-state index is 12.4. The summed E-state index contributed by atoms with van der Waals surface area (Å²) in [4.78, 5) is 38.0. The van der Waals surface area contributed by atoms with E-state index in [1.165, 1.54) is 9.80 Å². The van der Waals surface area contributed by atoms with Crippen LogP contribution in [0.5, 0.6) is 0 Å². The van der Waals surface area contributed by atoms with Crippen molar-refractivity contribution >= 4 is 18.0 Å². The fourth-order valence-corrected chi connectivity index (χ4v) is 2.43. The van der Waals surface area contributed by atoms with Crippen molar-refractivity contribution in [1.29, 1.82) is 0 Å². The summed E-state index contributed by atoms with van der Waals surface area (Å²) in [6.45, 7) is 5.01. The Hall–Kier alpha value is -1.79. The van der Waals surface area contributed by atoms with Crippen LogP contribution in [0.2, 0.25) is 0 Å². The fraction of sp³-hybridized carbons (Fsp3) is 0.786. The highest BCUT2D eigenvalue weighted by atomic mass is 16.5. The van der Waals surface area contributed by atoms with E-state index in [0.717, 1.165) is 6.42 Å². The molecule has 1 aliphatic rings. The quantitative estimate of drug-likeness (QED) is 0.744. The zero-order chi connectivity index (χ0) is 15.8. The number of hydrogen-bond donors (Lipinski definition) is 1. The first-order chi connectivity index (χ1) is 9.99. The van der Waals surface area contributed by atoms with Crippen molar-refractivity contribution in [2.75, 3.05) is 32.8 Å². The van der Waals surface area contributed by atoms with Crippen molar-refractivity contribution in [1.82, 2.24) is 9.80 Å². The molecule has 21 heavy (non-hydrogen) atoms. The molecule has 0 radical (unpaired) electrons. The third kappa shape index (κ3) is 5.24. The third-order valence-corrected chi connectivity index (χ3v) is 3.43. The monoisotopic (exact) mass is 300 g/mol. The lowest BCUT2D eigenvalue weighted by atomic mass is 9.98. The lowest BCUT2D eigenvalue weighted by Gasteiger charge is -2.34. The molecule has 1 fully saturated rings. The normalized spacial score (nSPS) is 18.2. The predicted molar refractivity (Wildman–Crippen MR) is 75.8 cm³/mol. The van der Waals surface area contributed by atoms with Gasteiger partial charge in [-0.3, -0.25) is 9.59 Å². The summed E-state index contributed by atoms with van der Waals surface area (Å²) >= 11 is 0. The van der Waals surface area contributed by atoms with Crippen LogP contribution >= 0.6 is 0 Å². The van der Waals surface area contributed by atoms with Gasteiger partial charge in [-0.25, -0.2) is 4.79 Å². The number of piperidine rings is 1. The van der Waals surface area contributed by atoms with Gasteiger partial charge in [-0.15, -0.1) is 0 Å². The molecular formula is C14H24N2O5. The average Bonchev–Trinajstić information content (AvgIpc) is 2.46. The molecular weight excluding hydrogens is 276 g/mol. The lowest BCUT2D eigenvalue weighted by molar-refractivity contribution is -0.145. The van der Waals surface area contributed by atoms with Gasteiger partial charge >= 0.3 is 18.0 Å². The summed E-state index contributed by atoms with van der Waals surface area (Å²) in [5.74, 6) is -1.83. The minimum absolute atomic E-state index is 0.0885. The molecule has 0 aromatic carbocycles. The number of urea groups is 1. The molecule has 2 amide bonds. The predicted octanol–water partition coefficient (Wildman–Crippen LogP) is 1.18. The van der Waals surface area contributed by atoms with Crippen molar-refractivity contribution < 1.29 is 24.2 Å². The van der Waals surface area contributed by atoms with Crippen LogP contribution in [0.4, 0.5) is 4.79 Å². The van der Waals surface area contributed by atoms with Gasteiger partial charge in [-0.2, -0.15) is 0 Å². The number of likely N-dealkylation sites (tertiary alicyclic amines) is 1. The molecule has 1 N–H and O–H groups in total. The number of aliphatic carboxylic acids is 1. The Kier molecular flexibility index (Phi) is 6.98. The standard InChI is InChI=1S/C14H24N2O5/c1-3-7-15(10-12(17)21-4-2)14(20)16-8-5-6-11(9-16)13(18)19/h11H,3-10H2,1-2H3,(H,18,19). The fourth-order valence-electron chi connectivity index (χ4n) is 2.43. The number of carboxylic acid groups (broad SMARTS) is 1. The van der Waals surface area contributed by atoms with Gasteiger partial charge in [0.1, 0.15) is 6.54 Å². The van der Waals surface area contributed by atoms with Gasteiger partial charge in [0.25, 0.3) is 0 Å². The summed E-state index contributed by atoms with van der Waals surface area (Å²) in [7, 11) is 0. The average molecular weight is 300 g/mol. The molecule has 0 aromatic heterocycles. The molecule has 0 aliphatic carbocycles. The number of nitrogens with zero attached hydrogens (tertiary/aromatic N) is 2. The van der Waals surface area contributed by atoms with E-state index in [1.807, 2.05) is 6.92 Å². The molecule has 0 saturated carbocycles. The Morgan fingerprint density at radius 3 is 2.62 bits per heavy atom. The zero-order valence-corrected chi connectivity index (χ0v) is 12.7. The Morgan fingerprint density at radius 2 is 2.05 bits per heavy atom. The van der Waals surface area contributed by atoms with E-state index in [4.69, 9.17) is 9.84 Å². The summed E-state index contributed by atoms with van der Waals surface area (Å²) in [6, 6.07) is -0.282. The molecule has 1 unspecified atom stereocenters. The summed E-state index contributed by atoms with van der Waals surface area (Å²) in [5, 5.41) is 9.07. The first kappa shape index (κ1) is 17.3. The minimum atomic E-state index is -0.875. The Balaban J connectivity index is 2.66. The number of rotatable bonds is 6. The van der Waals surface area contributed by atoms with Crippen molar-refractivity contribution in [2.45, 2.75) is 33.1 Å². The summed E-state index contributed by atoms with van der Waals surface area (Å²) in [6.07, 6.45) is 1.98. The molecule has 120 valence electrons. The number of carbonyl (C=O) groups excluding carboxylic acids is 2. The first-order valence-corrected chi connectivity index (χ1v) is 7.41. The number of ether oxygens (including phenoxy) is 1. The van der Waals surface area contributed by atoms with E-state index >= 15 is 0 Å². The maximum atomic E-state index is 12.4. The molecule has 1 aliphatic heterocycles. The highest BCUT2D eigenvalue weighted by Gasteiger charge is 2.31. The molecule has 0 bridgehead atoms. The van der Waals surface area contributed by atoms with Crippen LogP contribution in [0, 0.1) is 5.92 Å². The lowest BCUT2D eigenvalue weighted by Crippen LogP contribution is -2.50. The largest absolute Gasteiger partial charge is 0.481 e. The van der Waals surface area contributed by atoms with Gasteiger partial charge in [-0.1, -0.05) is 6.92 Å². The van der Waals surface area contributed by atoms with Gasteiger partial charge in [0.05, 0.1) is 12.5 Å². The smallest absolute Gasteiger partial charge is 0.325 e. The van der Waals surface area contributed by atoms with Crippen LogP contribution < -0.4 is 0 Å².